The predicted molar refractivity (Wildman–Crippen MR) is 147 cm³/mol. The number of hydrogen-bond donors (Lipinski definition) is 1. The molecule has 0 saturated carbocycles. The van der Waals surface area contributed by atoms with Crippen LogP contribution >= 0.6 is 0 Å². The number of piperazine rings is 1. The van der Waals surface area contributed by atoms with Gasteiger partial charge in [-0.25, -0.2) is 4.98 Å². The first-order valence-electron chi connectivity index (χ1n) is 12.6. The van der Waals surface area contributed by atoms with E-state index in [9.17, 15) is 0 Å². The summed E-state index contributed by atoms with van der Waals surface area (Å²) in [5.74, 6) is 0. The summed E-state index contributed by atoms with van der Waals surface area (Å²) >= 11 is 0. The molecule has 3 aromatic carbocycles. The highest BCUT2D eigenvalue weighted by molar-refractivity contribution is 6.12. The Hall–Kier alpha value is -3.93. The number of nitrogens with zero attached hydrogens (tertiary/aromatic N) is 3. The third-order valence-corrected chi connectivity index (χ3v) is 7.51. The van der Waals surface area contributed by atoms with Crippen LogP contribution in [0.3, 0.4) is 0 Å². The third-order valence-electron chi connectivity index (χ3n) is 7.51. The molecule has 5 nitrogen and oxygen atoms in total. The van der Waals surface area contributed by atoms with Crippen LogP contribution in [0.1, 0.15) is 5.56 Å². The number of hydrogen-bond acceptors (Lipinski definition) is 4. The van der Waals surface area contributed by atoms with Crippen molar-refractivity contribution in [3.63, 3.8) is 0 Å². The number of benzene rings is 3. The summed E-state index contributed by atoms with van der Waals surface area (Å²) in [6, 6.07) is 25.8. The number of pyridine rings is 1. The fourth-order valence-electron chi connectivity index (χ4n) is 5.41. The Morgan fingerprint density at radius 3 is 2.47 bits per heavy atom. The Morgan fingerprint density at radius 1 is 0.806 bits per heavy atom. The number of aromatic nitrogens is 2. The van der Waals surface area contributed by atoms with E-state index in [1.807, 2.05) is 24.5 Å². The lowest BCUT2D eigenvalue weighted by molar-refractivity contribution is 0.148. The molecule has 3 aromatic heterocycles. The lowest BCUT2D eigenvalue weighted by Crippen LogP contribution is -2.43. The molecule has 0 spiro atoms. The number of para-hydroxylation sites is 2. The maximum absolute atomic E-state index is 6.31. The van der Waals surface area contributed by atoms with Crippen molar-refractivity contribution in [1.29, 1.82) is 0 Å². The van der Waals surface area contributed by atoms with E-state index in [1.54, 1.807) is 0 Å². The monoisotopic (exact) mass is 472 g/mol. The summed E-state index contributed by atoms with van der Waals surface area (Å²) < 4.78 is 6.31. The molecule has 0 unspecified atom stereocenters. The topological polar surface area (TPSA) is 48.3 Å². The van der Waals surface area contributed by atoms with Gasteiger partial charge in [0.1, 0.15) is 16.8 Å². The van der Waals surface area contributed by atoms with E-state index in [1.165, 1.54) is 11.1 Å². The Bertz CT molecular complexity index is 1690. The Morgan fingerprint density at radius 2 is 1.61 bits per heavy atom. The van der Waals surface area contributed by atoms with Gasteiger partial charge < -0.3 is 14.3 Å². The van der Waals surface area contributed by atoms with Crippen molar-refractivity contribution >= 4 is 33.0 Å². The van der Waals surface area contributed by atoms with Crippen LogP contribution in [-0.4, -0.2) is 53.0 Å². The van der Waals surface area contributed by atoms with Crippen LogP contribution in [0.15, 0.2) is 89.6 Å². The SMILES string of the molecule is CN1CCN(Cc2ccc(-c3cnc4[nH]cc(-c5cccc6c5oc5ccccc56)c4c3)cc2)CC1. The fourth-order valence-corrected chi connectivity index (χ4v) is 5.41. The maximum Gasteiger partial charge on any atom is 0.143 e. The zero-order valence-electron chi connectivity index (χ0n) is 20.4. The highest BCUT2D eigenvalue weighted by Crippen LogP contribution is 2.38. The lowest BCUT2D eigenvalue weighted by Gasteiger charge is -2.32. The van der Waals surface area contributed by atoms with Crippen LogP contribution in [0.5, 0.6) is 0 Å². The minimum absolute atomic E-state index is 0.883. The molecule has 5 heteroatoms. The molecule has 1 aliphatic heterocycles. The Kier molecular flexibility index (Phi) is 5.12. The van der Waals surface area contributed by atoms with Crippen LogP contribution in [0, 0.1) is 0 Å². The molecule has 1 N–H and O–H groups in total. The van der Waals surface area contributed by atoms with Gasteiger partial charge in [0.15, 0.2) is 0 Å². The summed E-state index contributed by atoms with van der Waals surface area (Å²) in [6.07, 6.45) is 4.00. The van der Waals surface area contributed by atoms with E-state index in [0.717, 1.165) is 82.4 Å². The number of aromatic amines is 1. The zero-order chi connectivity index (χ0) is 24.1. The highest BCUT2D eigenvalue weighted by atomic mass is 16.3. The van der Waals surface area contributed by atoms with E-state index in [-0.39, 0.29) is 0 Å². The molecule has 4 heterocycles. The van der Waals surface area contributed by atoms with Gasteiger partial charge in [-0.15, -0.1) is 0 Å². The number of nitrogens with one attached hydrogen (secondary N) is 1. The Balaban J connectivity index is 1.23. The molecule has 0 radical (unpaired) electrons. The second-order valence-corrected chi connectivity index (χ2v) is 9.88. The van der Waals surface area contributed by atoms with Gasteiger partial charge in [0.2, 0.25) is 0 Å². The number of rotatable bonds is 4. The van der Waals surface area contributed by atoms with Crippen molar-refractivity contribution < 1.29 is 4.42 Å². The second kappa shape index (κ2) is 8.63. The van der Waals surface area contributed by atoms with E-state index >= 15 is 0 Å². The van der Waals surface area contributed by atoms with Crippen molar-refractivity contribution in [2.24, 2.45) is 0 Å². The van der Waals surface area contributed by atoms with Crippen LogP contribution < -0.4 is 0 Å². The van der Waals surface area contributed by atoms with Gasteiger partial charge in [-0.1, -0.05) is 60.7 Å². The fraction of sp³-hybridized carbons (Fsp3) is 0.194. The number of H-pyrrole nitrogens is 1. The molecule has 7 rings (SSSR count). The summed E-state index contributed by atoms with van der Waals surface area (Å²) in [7, 11) is 2.20. The van der Waals surface area contributed by atoms with Crippen LogP contribution in [-0.2, 0) is 6.54 Å². The molecule has 0 aliphatic carbocycles. The van der Waals surface area contributed by atoms with E-state index < -0.39 is 0 Å². The molecule has 1 fully saturated rings. The molecular formula is C31H28N4O. The minimum atomic E-state index is 0.883. The highest BCUT2D eigenvalue weighted by Gasteiger charge is 2.16. The van der Waals surface area contributed by atoms with Crippen molar-refractivity contribution in [3.05, 3.63) is 90.8 Å². The first-order valence-corrected chi connectivity index (χ1v) is 12.6. The summed E-state index contributed by atoms with van der Waals surface area (Å²) in [5.41, 5.74) is 8.55. The quantitative estimate of drug-likeness (QED) is 0.316. The van der Waals surface area contributed by atoms with Crippen LogP contribution in [0.25, 0.3) is 55.2 Å². The average Bonchev–Trinajstić information content (AvgIpc) is 3.51. The largest absolute Gasteiger partial charge is 0.455 e. The van der Waals surface area contributed by atoms with Gasteiger partial charge in [0.05, 0.1) is 0 Å². The summed E-state index contributed by atoms with van der Waals surface area (Å²) in [4.78, 5) is 13.0. The standard InChI is InChI=1S/C31H28N4O/c1-34-13-15-35(16-14-34)20-21-9-11-22(12-10-21)23-17-27-28(19-33-31(27)32-18-23)26-7-4-6-25-24-5-2-3-8-29(24)36-30(25)26/h2-12,17-19H,13-16,20H2,1H3,(H,32,33). The first-order chi connectivity index (χ1) is 17.7. The predicted octanol–water partition coefficient (Wildman–Crippen LogP) is 6.54. The molecule has 0 amide bonds. The van der Waals surface area contributed by atoms with Crippen LogP contribution in [0.2, 0.25) is 0 Å². The first kappa shape index (κ1) is 21.4. The van der Waals surface area contributed by atoms with E-state index in [4.69, 9.17) is 9.40 Å². The van der Waals surface area contributed by atoms with Crippen molar-refractivity contribution in [1.82, 2.24) is 19.8 Å². The number of fused-ring (bicyclic) bond motifs is 4. The number of likely N-dealkylation sites (N-methyl/N-ethyl adjacent to an activating group) is 1. The normalized spacial score (nSPS) is 15.4. The summed E-state index contributed by atoms with van der Waals surface area (Å²) in [6.45, 7) is 5.56. The number of furan rings is 1. The molecule has 178 valence electrons. The second-order valence-electron chi connectivity index (χ2n) is 9.88. The summed E-state index contributed by atoms with van der Waals surface area (Å²) in [5, 5.41) is 3.38. The van der Waals surface area contributed by atoms with Gasteiger partial charge in [-0.2, -0.15) is 0 Å². The van der Waals surface area contributed by atoms with Crippen molar-refractivity contribution in [2.45, 2.75) is 6.54 Å². The maximum atomic E-state index is 6.31. The Labute approximate surface area is 210 Å². The van der Waals surface area contributed by atoms with E-state index in [0.29, 0.717) is 0 Å². The van der Waals surface area contributed by atoms with Gasteiger partial charge >= 0.3 is 0 Å². The molecule has 36 heavy (non-hydrogen) atoms. The van der Waals surface area contributed by atoms with Crippen molar-refractivity contribution in [3.8, 4) is 22.3 Å². The molecule has 1 aliphatic rings. The smallest absolute Gasteiger partial charge is 0.143 e. The van der Waals surface area contributed by atoms with Gasteiger partial charge in [-0.05, 0) is 30.3 Å². The van der Waals surface area contributed by atoms with E-state index in [2.05, 4.69) is 82.5 Å². The molecule has 0 bridgehead atoms. The van der Waals surface area contributed by atoms with Gasteiger partial charge in [0, 0.05) is 78.0 Å². The average molecular weight is 473 g/mol. The molecule has 1 saturated heterocycles. The molecule has 0 atom stereocenters. The molecule has 6 aromatic rings. The molecular weight excluding hydrogens is 444 g/mol. The zero-order valence-corrected chi connectivity index (χ0v) is 20.4. The van der Waals surface area contributed by atoms with Gasteiger partial charge in [-0.3, -0.25) is 4.90 Å². The minimum Gasteiger partial charge on any atom is -0.455 e. The lowest BCUT2D eigenvalue weighted by atomic mass is 10.00. The van der Waals surface area contributed by atoms with Gasteiger partial charge in [0.25, 0.3) is 0 Å². The third kappa shape index (κ3) is 3.68. The van der Waals surface area contributed by atoms with Crippen molar-refractivity contribution in [2.75, 3.05) is 33.2 Å². The van der Waals surface area contributed by atoms with Crippen LogP contribution in [0.4, 0.5) is 0 Å².